The highest BCUT2D eigenvalue weighted by molar-refractivity contribution is 5.94. The molecule has 0 N–H and O–H groups in total. The predicted octanol–water partition coefficient (Wildman–Crippen LogP) is 3.79. The first kappa shape index (κ1) is 19.0. The Balaban J connectivity index is 1.86. The Labute approximate surface area is 150 Å². The van der Waals surface area contributed by atoms with E-state index in [1.165, 1.54) is 0 Å². The van der Waals surface area contributed by atoms with Crippen LogP contribution < -0.4 is 4.74 Å². The van der Waals surface area contributed by atoms with Crippen LogP contribution >= 0.6 is 0 Å². The molecule has 136 valence electrons. The maximum Gasteiger partial charge on any atom is 0.253 e. The third-order valence-electron chi connectivity index (χ3n) is 4.06. The SMILES string of the molecule is CCCOc1cccc(C(=O)N(C)CCCc2nccn2CCC)c1. The van der Waals surface area contributed by atoms with Crippen molar-refractivity contribution in [2.45, 2.75) is 46.1 Å². The van der Waals surface area contributed by atoms with Crippen molar-refractivity contribution in [1.29, 1.82) is 0 Å². The summed E-state index contributed by atoms with van der Waals surface area (Å²) in [6.45, 7) is 6.59. The summed E-state index contributed by atoms with van der Waals surface area (Å²) in [6.07, 6.45) is 7.69. The number of hydrogen-bond acceptors (Lipinski definition) is 3. The van der Waals surface area contributed by atoms with Gasteiger partial charge in [-0.05, 0) is 37.5 Å². The van der Waals surface area contributed by atoms with Crippen molar-refractivity contribution in [2.75, 3.05) is 20.2 Å². The van der Waals surface area contributed by atoms with E-state index in [0.717, 1.165) is 43.8 Å². The number of ether oxygens (including phenoxy) is 1. The van der Waals surface area contributed by atoms with Crippen LogP contribution in [0, 0.1) is 0 Å². The van der Waals surface area contributed by atoms with Crippen LogP contribution in [0.2, 0.25) is 0 Å². The number of aryl methyl sites for hydroxylation is 2. The molecule has 1 amide bonds. The van der Waals surface area contributed by atoms with Crippen molar-refractivity contribution in [3.63, 3.8) is 0 Å². The van der Waals surface area contributed by atoms with E-state index in [9.17, 15) is 4.79 Å². The number of imidazole rings is 1. The van der Waals surface area contributed by atoms with Gasteiger partial charge in [-0.25, -0.2) is 4.98 Å². The second-order valence-electron chi connectivity index (χ2n) is 6.24. The van der Waals surface area contributed by atoms with E-state index in [1.54, 1.807) is 4.90 Å². The molecule has 0 fully saturated rings. The Bertz CT molecular complexity index is 666. The van der Waals surface area contributed by atoms with E-state index in [0.29, 0.717) is 18.7 Å². The van der Waals surface area contributed by atoms with Crippen molar-refractivity contribution in [3.05, 3.63) is 48.0 Å². The van der Waals surface area contributed by atoms with Gasteiger partial charge < -0.3 is 14.2 Å². The lowest BCUT2D eigenvalue weighted by Gasteiger charge is -2.18. The third-order valence-corrected chi connectivity index (χ3v) is 4.06. The summed E-state index contributed by atoms with van der Waals surface area (Å²) in [7, 11) is 1.85. The van der Waals surface area contributed by atoms with E-state index < -0.39 is 0 Å². The summed E-state index contributed by atoms with van der Waals surface area (Å²) >= 11 is 0. The summed E-state index contributed by atoms with van der Waals surface area (Å²) in [5.41, 5.74) is 0.670. The van der Waals surface area contributed by atoms with Gasteiger partial charge in [0.05, 0.1) is 6.61 Å². The minimum Gasteiger partial charge on any atom is -0.494 e. The van der Waals surface area contributed by atoms with Gasteiger partial charge in [-0.2, -0.15) is 0 Å². The average molecular weight is 343 g/mol. The molecule has 0 spiro atoms. The van der Waals surface area contributed by atoms with Crippen LogP contribution in [0.15, 0.2) is 36.7 Å². The van der Waals surface area contributed by atoms with E-state index >= 15 is 0 Å². The lowest BCUT2D eigenvalue weighted by Crippen LogP contribution is -2.28. The molecular formula is C20H29N3O2. The molecule has 0 aliphatic heterocycles. The fraction of sp³-hybridized carbons (Fsp3) is 0.500. The molecule has 2 rings (SSSR count). The molecular weight excluding hydrogens is 314 g/mol. The van der Waals surface area contributed by atoms with Crippen molar-refractivity contribution >= 4 is 5.91 Å². The minimum atomic E-state index is 0.0267. The third kappa shape index (κ3) is 5.62. The van der Waals surface area contributed by atoms with Gasteiger partial charge in [0.2, 0.25) is 0 Å². The van der Waals surface area contributed by atoms with Crippen LogP contribution in [0.3, 0.4) is 0 Å². The highest BCUT2D eigenvalue weighted by atomic mass is 16.5. The average Bonchev–Trinajstić information content (AvgIpc) is 3.07. The lowest BCUT2D eigenvalue weighted by molar-refractivity contribution is 0.0793. The normalized spacial score (nSPS) is 10.7. The molecule has 1 aromatic heterocycles. The van der Waals surface area contributed by atoms with Crippen molar-refractivity contribution in [2.24, 2.45) is 0 Å². The standard InChI is InChI=1S/C20H29N3O2/c1-4-12-23-14-11-21-19(23)10-7-13-22(3)20(24)17-8-6-9-18(16-17)25-15-5-2/h6,8-9,11,14,16H,4-5,7,10,12-13,15H2,1-3H3. The molecule has 0 saturated carbocycles. The zero-order valence-electron chi connectivity index (χ0n) is 15.6. The van der Waals surface area contributed by atoms with Crippen LogP contribution in [0.25, 0.3) is 0 Å². The van der Waals surface area contributed by atoms with Crippen molar-refractivity contribution in [1.82, 2.24) is 14.5 Å². The first-order valence-corrected chi connectivity index (χ1v) is 9.14. The Hall–Kier alpha value is -2.30. The molecule has 1 heterocycles. The topological polar surface area (TPSA) is 47.4 Å². The Morgan fingerprint density at radius 2 is 2.12 bits per heavy atom. The zero-order valence-corrected chi connectivity index (χ0v) is 15.6. The van der Waals surface area contributed by atoms with Crippen molar-refractivity contribution in [3.8, 4) is 5.75 Å². The first-order chi connectivity index (χ1) is 12.2. The number of carbonyl (C=O) groups is 1. The first-order valence-electron chi connectivity index (χ1n) is 9.14. The lowest BCUT2D eigenvalue weighted by atomic mass is 10.2. The monoisotopic (exact) mass is 343 g/mol. The second kappa shape index (κ2) is 9.87. The maximum absolute atomic E-state index is 12.6. The van der Waals surface area contributed by atoms with Gasteiger partial charge in [0.25, 0.3) is 5.91 Å². The Morgan fingerprint density at radius 3 is 2.88 bits per heavy atom. The number of hydrogen-bond donors (Lipinski definition) is 0. The molecule has 0 aliphatic carbocycles. The van der Waals surface area contributed by atoms with Crippen molar-refractivity contribution < 1.29 is 9.53 Å². The van der Waals surface area contributed by atoms with Crippen LogP contribution in [-0.2, 0) is 13.0 Å². The number of rotatable bonds is 10. The van der Waals surface area contributed by atoms with Crippen LogP contribution in [-0.4, -0.2) is 40.6 Å². The highest BCUT2D eigenvalue weighted by Crippen LogP contribution is 2.15. The van der Waals surface area contributed by atoms with Gasteiger partial charge in [0.1, 0.15) is 11.6 Å². The Morgan fingerprint density at radius 1 is 1.28 bits per heavy atom. The molecule has 5 nitrogen and oxygen atoms in total. The molecule has 0 bridgehead atoms. The molecule has 0 radical (unpaired) electrons. The summed E-state index contributed by atoms with van der Waals surface area (Å²) < 4.78 is 7.80. The fourth-order valence-corrected chi connectivity index (χ4v) is 2.75. The van der Waals surface area contributed by atoms with Gasteiger partial charge in [-0.1, -0.05) is 19.9 Å². The van der Waals surface area contributed by atoms with E-state index in [1.807, 2.05) is 43.7 Å². The number of nitrogens with zero attached hydrogens (tertiary/aromatic N) is 3. The summed E-state index contributed by atoms with van der Waals surface area (Å²) in [6, 6.07) is 7.42. The molecule has 5 heteroatoms. The summed E-state index contributed by atoms with van der Waals surface area (Å²) in [5, 5.41) is 0. The molecule has 0 atom stereocenters. The van der Waals surface area contributed by atoms with Gasteiger partial charge in [0.15, 0.2) is 0 Å². The van der Waals surface area contributed by atoms with Gasteiger partial charge in [-0.3, -0.25) is 4.79 Å². The molecule has 1 aromatic carbocycles. The largest absolute Gasteiger partial charge is 0.494 e. The Kier molecular flexibility index (Phi) is 7.51. The number of benzene rings is 1. The van der Waals surface area contributed by atoms with Gasteiger partial charge >= 0.3 is 0 Å². The molecule has 0 unspecified atom stereocenters. The van der Waals surface area contributed by atoms with E-state index in [4.69, 9.17) is 4.74 Å². The maximum atomic E-state index is 12.6. The van der Waals surface area contributed by atoms with Crippen LogP contribution in [0.1, 0.15) is 49.3 Å². The number of aromatic nitrogens is 2. The quantitative estimate of drug-likeness (QED) is 0.659. The highest BCUT2D eigenvalue weighted by Gasteiger charge is 2.13. The zero-order chi connectivity index (χ0) is 18.1. The number of carbonyl (C=O) groups excluding carboxylic acids is 1. The van der Waals surface area contributed by atoms with E-state index in [-0.39, 0.29) is 5.91 Å². The summed E-state index contributed by atoms with van der Waals surface area (Å²) in [4.78, 5) is 18.8. The van der Waals surface area contributed by atoms with Gasteiger partial charge in [0, 0.05) is 44.5 Å². The summed E-state index contributed by atoms with van der Waals surface area (Å²) in [5.74, 6) is 1.87. The number of amides is 1. The van der Waals surface area contributed by atoms with E-state index in [2.05, 4.69) is 23.4 Å². The molecule has 2 aromatic rings. The minimum absolute atomic E-state index is 0.0267. The smallest absolute Gasteiger partial charge is 0.253 e. The van der Waals surface area contributed by atoms with Crippen LogP contribution in [0.4, 0.5) is 0 Å². The van der Waals surface area contributed by atoms with Gasteiger partial charge in [-0.15, -0.1) is 0 Å². The molecule has 25 heavy (non-hydrogen) atoms. The fourth-order valence-electron chi connectivity index (χ4n) is 2.75. The predicted molar refractivity (Wildman–Crippen MR) is 100 cm³/mol. The molecule has 0 aliphatic rings. The second-order valence-corrected chi connectivity index (χ2v) is 6.24. The van der Waals surface area contributed by atoms with Crippen LogP contribution in [0.5, 0.6) is 5.75 Å². The molecule has 0 saturated heterocycles.